The summed E-state index contributed by atoms with van der Waals surface area (Å²) in [5.74, 6) is 1.63. The van der Waals surface area contributed by atoms with E-state index in [1.54, 1.807) is 24.3 Å². The van der Waals surface area contributed by atoms with Gasteiger partial charge in [0.1, 0.15) is 5.75 Å². The van der Waals surface area contributed by atoms with E-state index in [2.05, 4.69) is 17.5 Å². The number of carbonyl (C=O) groups is 3. The van der Waals surface area contributed by atoms with Crippen molar-refractivity contribution in [3.05, 3.63) is 36.4 Å². The van der Waals surface area contributed by atoms with E-state index in [0.29, 0.717) is 24.1 Å². The van der Waals surface area contributed by atoms with E-state index >= 15 is 0 Å². The van der Waals surface area contributed by atoms with Gasteiger partial charge in [0.25, 0.3) is 0 Å². The molecule has 1 saturated heterocycles. The van der Waals surface area contributed by atoms with E-state index in [4.69, 9.17) is 4.74 Å². The average molecular weight is 380 g/mol. The van der Waals surface area contributed by atoms with Gasteiger partial charge in [0.15, 0.2) is 0 Å². The molecule has 0 aromatic heterocycles. The lowest BCUT2D eigenvalue weighted by Gasteiger charge is -2.37. The van der Waals surface area contributed by atoms with Crippen LogP contribution in [0.3, 0.4) is 0 Å². The number of amides is 3. The van der Waals surface area contributed by atoms with Crippen LogP contribution in [0.15, 0.2) is 36.4 Å². The Labute approximate surface area is 163 Å². The zero-order chi connectivity index (χ0) is 19.4. The molecule has 1 aliphatic heterocycles. The van der Waals surface area contributed by atoms with Gasteiger partial charge in [-0.15, -0.1) is 0 Å². The van der Waals surface area contributed by atoms with Gasteiger partial charge in [-0.3, -0.25) is 19.3 Å². The lowest BCUT2D eigenvalue weighted by Crippen LogP contribution is -2.40. The highest BCUT2D eigenvalue weighted by Crippen LogP contribution is 2.65. The van der Waals surface area contributed by atoms with Gasteiger partial charge < -0.3 is 10.1 Å². The Balaban J connectivity index is 1.20. The largest absolute Gasteiger partial charge is 0.494 e. The third-order valence-corrected chi connectivity index (χ3v) is 6.77. The fourth-order valence-corrected chi connectivity index (χ4v) is 5.48. The number of imide groups is 1. The fraction of sp³-hybridized carbons (Fsp3) is 0.500. The molecule has 0 radical (unpaired) electrons. The maximum Gasteiger partial charge on any atom is 0.233 e. The van der Waals surface area contributed by atoms with Gasteiger partial charge in [-0.05, 0) is 61.3 Å². The summed E-state index contributed by atoms with van der Waals surface area (Å²) in [6, 6.07) is 7.15. The molecule has 1 heterocycles. The number of likely N-dealkylation sites (tertiary alicyclic amines) is 1. The molecule has 6 rings (SSSR count). The summed E-state index contributed by atoms with van der Waals surface area (Å²) >= 11 is 0. The predicted molar refractivity (Wildman–Crippen MR) is 102 cm³/mol. The summed E-state index contributed by atoms with van der Waals surface area (Å²) < 4.78 is 5.38. The SMILES string of the molecule is CCOc1ccc(NC(=O)CCN2C(=O)[C@@H]3[C@H]4C=C[C@H]([C@H]5C[C@H]45)[C@@H]3C2=O)cc1. The first-order valence-corrected chi connectivity index (χ1v) is 10.1. The standard InChI is InChI=1S/C22H24N2O4/c1-2-28-13-5-3-12(4-6-13)23-18(25)9-10-24-21(26)19-14-7-8-15(17-11-16(14)17)20(19)22(24)27/h3-8,14-17,19-20H,2,9-11H2,1H3,(H,23,25)/t14-,15+,16-,17-,19+,20-/m1/s1. The van der Waals surface area contributed by atoms with Crippen LogP contribution in [0.1, 0.15) is 19.8 Å². The number of anilines is 1. The van der Waals surface area contributed by atoms with E-state index < -0.39 is 0 Å². The maximum absolute atomic E-state index is 12.9. The van der Waals surface area contributed by atoms with Gasteiger partial charge in [0.05, 0.1) is 18.4 Å². The first-order chi connectivity index (χ1) is 13.6. The molecule has 0 spiro atoms. The molecule has 2 saturated carbocycles. The Morgan fingerprint density at radius 1 is 1.07 bits per heavy atom. The highest BCUT2D eigenvalue weighted by Gasteiger charge is 2.66. The number of ether oxygens (including phenoxy) is 1. The third kappa shape index (κ3) is 2.65. The molecule has 28 heavy (non-hydrogen) atoms. The molecule has 1 N–H and O–H groups in total. The minimum atomic E-state index is -0.205. The van der Waals surface area contributed by atoms with Crippen LogP contribution in [0.4, 0.5) is 5.69 Å². The smallest absolute Gasteiger partial charge is 0.233 e. The van der Waals surface area contributed by atoms with Crippen molar-refractivity contribution in [3.8, 4) is 5.75 Å². The highest BCUT2D eigenvalue weighted by atomic mass is 16.5. The maximum atomic E-state index is 12.9. The molecule has 3 fully saturated rings. The predicted octanol–water partition coefficient (Wildman–Crippen LogP) is 2.47. The number of nitrogens with one attached hydrogen (secondary N) is 1. The first kappa shape index (κ1) is 17.5. The monoisotopic (exact) mass is 380 g/mol. The Bertz CT molecular complexity index is 826. The Kier molecular flexibility index (Phi) is 4.03. The highest BCUT2D eigenvalue weighted by molar-refractivity contribution is 6.06. The van der Waals surface area contributed by atoms with Crippen LogP contribution in [-0.4, -0.2) is 35.8 Å². The van der Waals surface area contributed by atoms with Crippen molar-refractivity contribution >= 4 is 23.4 Å². The van der Waals surface area contributed by atoms with Gasteiger partial charge in [-0.25, -0.2) is 0 Å². The second kappa shape index (κ2) is 6.47. The Hall–Kier alpha value is -2.63. The lowest BCUT2D eigenvalue weighted by molar-refractivity contribution is -0.140. The van der Waals surface area contributed by atoms with E-state index in [0.717, 1.165) is 12.2 Å². The van der Waals surface area contributed by atoms with Crippen LogP contribution in [0.2, 0.25) is 0 Å². The number of nitrogens with zero attached hydrogens (tertiary/aromatic N) is 1. The fourth-order valence-electron chi connectivity index (χ4n) is 5.48. The molecule has 2 bridgehead atoms. The summed E-state index contributed by atoms with van der Waals surface area (Å²) in [6.45, 7) is 2.66. The van der Waals surface area contributed by atoms with Gasteiger partial charge in [0.2, 0.25) is 17.7 Å². The normalized spacial score (nSPS) is 34.2. The van der Waals surface area contributed by atoms with Gasteiger partial charge >= 0.3 is 0 Å². The number of allylic oxidation sites excluding steroid dienone is 2. The number of benzene rings is 1. The molecule has 6 atom stereocenters. The van der Waals surface area contributed by atoms with Crippen molar-refractivity contribution in [1.29, 1.82) is 0 Å². The Morgan fingerprint density at radius 2 is 1.68 bits per heavy atom. The average Bonchev–Trinajstić information content (AvgIpc) is 3.47. The van der Waals surface area contributed by atoms with Crippen LogP contribution in [0.25, 0.3) is 0 Å². The van der Waals surface area contributed by atoms with Crippen molar-refractivity contribution in [1.82, 2.24) is 4.90 Å². The lowest BCUT2D eigenvalue weighted by atomic mass is 9.63. The number of hydrogen-bond acceptors (Lipinski definition) is 4. The summed E-state index contributed by atoms with van der Waals surface area (Å²) in [4.78, 5) is 39.4. The van der Waals surface area contributed by atoms with E-state index in [9.17, 15) is 14.4 Å². The second-order valence-corrected chi connectivity index (χ2v) is 8.24. The van der Waals surface area contributed by atoms with Crippen LogP contribution in [0.5, 0.6) is 5.75 Å². The molecule has 3 amide bonds. The van der Waals surface area contributed by atoms with Gasteiger partial charge in [0, 0.05) is 18.7 Å². The minimum absolute atomic E-state index is 0.0754. The first-order valence-electron chi connectivity index (χ1n) is 10.1. The van der Waals surface area contributed by atoms with E-state index in [1.807, 2.05) is 6.92 Å². The molecular weight excluding hydrogens is 356 g/mol. The molecule has 4 aliphatic carbocycles. The number of rotatable bonds is 6. The second-order valence-electron chi connectivity index (χ2n) is 8.24. The van der Waals surface area contributed by atoms with Crippen LogP contribution in [-0.2, 0) is 14.4 Å². The quantitative estimate of drug-likeness (QED) is 0.608. The molecule has 6 nitrogen and oxygen atoms in total. The minimum Gasteiger partial charge on any atom is -0.494 e. The van der Waals surface area contributed by atoms with Gasteiger partial charge in [-0.1, -0.05) is 12.2 Å². The summed E-state index contributed by atoms with van der Waals surface area (Å²) in [6.07, 6.45) is 5.58. The number of carbonyl (C=O) groups excluding carboxylic acids is 3. The molecule has 1 aromatic rings. The van der Waals surface area contributed by atoms with Crippen molar-refractivity contribution in [2.75, 3.05) is 18.5 Å². The van der Waals surface area contributed by atoms with Gasteiger partial charge in [-0.2, -0.15) is 0 Å². The zero-order valence-electron chi connectivity index (χ0n) is 15.8. The molecule has 146 valence electrons. The molecule has 5 aliphatic rings. The van der Waals surface area contributed by atoms with Crippen LogP contribution >= 0.6 is 0 Å². The summed E-state index contributed by atoms with van der Waals surface area (Å²) in [7, 11) is 0. The van der Waals surface area contributed by atoms with E-state index in [-0.39, 0.29) is 54.4 Å². The summed E-state index contributed by atoms with van der Waals surface area (Å²) in [5.41, 5.74) is 0.670. The van der Waals surface area contributed by atoms with Crippen molar-refractivity contribution in [2.24, 2.45) is 35.5 Å². The molecule has 6 heteroatoms. The Morgan fingerprint density at radius 3 is 2.25 bits per heavy atom. The summed E-state index contributed by atoms with van der Waals surface area (Å²) in [5, 5.41) is 2.82. The third-order valence-electron chi connectivity index (χ3n) is 6.77. The van der Waals surface area contributed by atoms with E-state index in [1.165, 1.54) is 4.90 Å². The molecule has 0 unspecified atom stereocenters. The van der Waals surface area contributed by atoms with Crippen molar-refractivity contribution < 1.29 is 19.1 Å². The van der Waals surface area contributed by atoms with Crippen LogP contribution < -0.4 is 10.1 Å². The number of hydrogen-bond donors (Lipinski definition) is 1. The topological polar surface area (TPSA) is 75.7 Å². The zero-order valence-corrected chi connectivity index (χ0v) is 15.8. The van der Waals surface area contributed by atoms with Crippen molar-refractivity contribution in [2.45, 2.75) is 19.8 Å². The van der Waals surface area contributed by atoms with Crippen molar-refractivity contribution in [3.63, 3.8) is 0 Å². The molecule has 1 aromatic carbocycles. The van der Waals surface area contributed by atoms with Crippen LogP contribution in [0, 0.1) is 35.5 Å². The molecular formula is C22H24N2O4.